The van der Waals surface area contributed by atoms with E-state index in [0.29, 0.717) is 0 Å². The van der Waals surface area contributed by atoms with Crippen molar-refractivity contribution in [3.8, 4) is 0 Å². The molecule has 4 aliphatic rings. The summed E-state index contributed by atoms with van der Waals surface area (Å²) in [5, 5.41) is 0. The fourth-order valence-corrected chi connectivity index (χ4v) is 5.34. The van der Waals surface area contributed by atoms with Crippen molar-refractivity contribution >= 4 is 0 Å². The first-order chi connectivity index (χ1) is 9.73. The van der Waals surface area contributed by atoms with Crippen LogP contribution in [-0.2, 0) is 4.74 Å². The van der Waals surface area contributed by atoms with Gasteiger partial charge < -0.3 is 9.22 Å². The maximum absolute atomic E-state index is 5.43. The second-order valence-electron chi connectivity index (χ2n) is 7.79. The number of quaternary nitrogens is 1. The van der Waals surface area contributed by atoms with Gasteiger partial charge in [0.15, 0.2) is 0 Å². The van der Waals surface area contributed by atoms with Crippen molar-refractivity contribution in [2.24, 2.45) is 23.7 Å². The lowest BCUT2D eigenvalue weighted by atomic mass is 9.86. The van der Waals surface area contributed by atoms with E-state index in [4.69, 9.17) is 4.74 Å². The van der Waals surface area contributed by atoms with E-state index in [-0.39, 0.29) is 0 Å². The number of rotatable bonds is 4. The van der Waals surface area contributed by atoms with Crippen molar-refractivity contribution in [1.29, 1.82) is 0 Å². The van der Waals surface area contributed by atoms with E-state index in [1.807, 2.05) is 0 Å². The van der Waals surface area contributed by atoms with Crippen LogP contribution < -0.4 is 0 Å². The van der Waals surface area contributed by atoms with Crippen LogP contribution in [0.15, 0.2) is 12.2 Å². The molecule has 2 heterocycles. The number of hydrogen-bond acceptors (Lipinski definition) is 2. The largest absolute Gasteiger partial charge is 0.379 e. The topological polar surface area (TPSA) is 12.5 Å². The summed E-state index contributed by atoms with van der Waals surface area (Å²) in [6.45, 7) is 9.70. The molecule has 2 bridgehead atoms. The van der Waals surface area contributed by atoms with Gasteiger partial charge in [-0.25, -0.2) is 0 Å². The Morgan fingerprint density at radius 1 is 1.10 bits per heavy atom. The lowest BCUT2D eigenvalue weighted by Gasteiger charge is -2.33. The third-order valence-electron chi connectivity index (χ3n) is 6.38. The van der Waals surface area contributed by atoms with Gasteiger partial charge in [0.25, 0.3) is 0 Å². The molecule has 3 heteroatoms. The van der Waals surface area contributed by atoms with Gasteiger partial charge in [0, 0.05) is 37.9 Å². The van der Waals surface area contributed by atoms with Gasteiger partial charge in [-0.3, -0.25) is 4.90 Å². The summed E-state index contributed by atoms with van der Waals surface area (Å²) < 4.78 is 6.77. The number of allylic oxidation sites excluding steroid dienone is 2. The Bertz CT molecular complexity index is 368. The second-order valence-corrected chi connectivity index (χ2v) is 7.79. The maximum Gasteiger partial charge on any atom is 0.0824 e. The van der Waals surface area contributed by atoms with Crippen molar-refractivity contribution in [1.82, 2.24) is 4.90 Å². The van der Waals surface area contributed by atoms with E-state index >= 15 is 0 Å². The van der Waals surface area contributed by atoms with Crippen LogP contribution >= 0.6 is 0 Å². The molecule has 112 valence electrons. The summed E-state index contributed by atoms with van der Waals surface area (Å²) in [5.41, 5.74) is 0. The fourth-order valence-electron chi connectivity index (χ4n) is 5.34. The highest BCUT2D eigenvalue weighted by atomic mass is 16.5. The quantitative estimate of drug-likeness (QED) is 0.572. The molecule has 2 saturated heterocycles. The third-order valence-corrected chi connectivity index (χ3v) is 6.38. The highest BCUT2D eigenvalue weighted by molar-refractivity contribution is 5.14. The summed E-state index contributed by atoms with van der Waals surface area (Å²) >= 11 is 0. The number of likely N-dealkylation sites (tertiary alicyclic amines) is 1. The molecule has 3 fully saturated rings. The minimum Gasteiger partial charge on any atom is -0.379 e. The normalized spacial score (nSPS) is 47.0. The Hall–Kier alpha value is -0.380. The molecule has 0 spiro atoms. The number of hydrogen-bond donors (Lipinski definition) is 0. The molecule has 4 rings (SSSR count). The van der Waals surface area contributed by atoms with Crippen LogP contribution in [0.5, 0.6) is 0 Å². The number of ether oxygens (including phenoxy) is 1. The zero-order valence-electron chi connectivity index (χ0n) is 12.8. The SMILES string of the molecule is C[N+]1(CCCN2CCOCC2)C[C@@H]2[C@@H](C1)[C@H]1C=C[C@@H]2C1. The highest BCUT2D eigenvalue weighted by Gasteiger charge is 2.54. The summed E-state index contributed by atoms with van der Waals surface area (Å²) in [6, 6.07) is 0. The summed E-state index contributed by atoms with van der Waals surface area (Å²) in [5.74, 6) is 3.89. The smallest absolute Gasteiger partial charge is 0.0824 e. The fraction of sp³-hybridized carbons (Fsp3) is 0.882. The van der Waals surface area contributed by atoms with E-state index < -0.39 is 0 Å². The Morgan fingerprint density at radius 2 is 1.75 bits per heavy atom. The Morgan fingerprint density at radius 3 is 2.40 bits per heavy atom. The summed E-state index contributed by atoms with van der Waals surface area (Å²) in [6.07, 6.45) is 7.88. The molecule has 0 aromatic heterocycles. The first kappa shape index (κ1) is 13.3. The molecule has 1 unspecified atom stereocenters. The third kappa shape index (κ3) is 2.34. The van der Waals surface area contributed by atoms with Crippen LogP contribution in [0.3, 0.4) is 0 Å². The van der Waals surface area contributed by atoms with E-state index in [1.165, 1.54) is 43.5 Å². The minimum absolute atomic E-state index is 0.934. The molecular weight excluding hydrogens is 248 g/mol. The van der Waals surface area contributed by atoms with E-state index in [2.05, 4.69) is 24.1 Å². The molecule has 1 saturated carbocycles. The lowest BCUT2D eigenvalue weighted by molar-refractivity contribution is -0.901. The van der Waals surface area contributed by atoms with E-state index in [1.54, 1.807) is 0 Å². The maximum atomic E-state index is 5.43. The zero-order chi connectivity index (χ0) is 13.6. The van der Waals surface area contributed by atoms with Gasteiger partial charge in [0.1, 0.15) is 0 Å². The molecule has 2 aliphatic heterocycles. The first-order valence-electron chi connectivity index (χ1n) is 8.55. The number of morpholine rings is 1. The highest BCUT2D eigenvalue weighted by Crippen LogP contribution is 2.52. The van der Waals surface area contributed by atoms with Gasteiger partial charge in [-0.2, -0.15) is 0 Å². The Kier molecular flexibility index (Phi) is 3.40. The van der Waals surface area contributed by atoms with Crippen molar-refractivity contribution < 1.29 is 9.22 Å². The van der Waals surface area contributed by atoms with Crippen LogP contribution in [0.4, 0.5) is 0 Å². The Balaban J connectivity index is 1.27. The molecule has 0 amide bonds. The standard InChI is InChI=1S/C17H29N2O/c1-19(8-2-5-18-6-9-20-10-7-18)12-16-14-3-4-15(11-14)17(16)13-19/h3-4,14-17H,2,5-13H2,1H3/q+1/t14-,15+,16-,17-,19?/m0/s1. The van der Waals surface area contributed by atoms with E-state index in [9.17, 15) is 0 Å². The predicted octanol–water partition coefficient (Wildman–Crippen LogP) is 1.61. The van der Waals surface area contributed by atoms with Crippen molar-refractivity contribution in [3.05, 3.63) is 12.2 Å². The van der Waals surface area contributed by atoms with Gasteiger partial charge in [-0.15, -0.1) is 0 Å². The predicted molar refractivity (Wildman–Crippen MR) is 80.4 cm³/mol. The van der Waals surface area contributed by atoms with Crippen LogP contribution in [0.25, 0.3) is 0 Å². The molecular formula is C17H29N2O+. The molecule has 0 aromatic carbocycles. The first-order valence-corrected chi connectivity index (χ1v) is 8.55. The van der Waals surface area contributed by atoms with Crippen LogP contribution in [0.1, 0.15) is 12.8 Å². The van der Waals surface area contributed by atoms with Crippen LogP contribution in [0, 0.1) is 23.7 Å². The average Bonchev–Trinajstić information content (AvgIpc) is 3.11. The number of nitrogens with zero attached hydrogens (tertiary/aromatic N) is 2. The average molecular weight is 277 g/mol. The molecule has 2 aliphatic carbocycles. The Labute approximate surface area is 123 Å². The van der Waals surface area contributed by atoms with Gasteiger partial charge in [-0.05, 0) is 18.3 Å². The molecule has 3 nitrogen and oxygen atoms in total. The minimum atomic E-state index is 0.934. The van der Waals surface area contributed by atoms with Crippen molar-refractivity contribution in [2.75, 3.05) is 59.5 Å². The monoisotopic (exact) mass is 277 g/mol. The van der Waals surface area contributed by atoms with Crippen molar-refractivity contribution in [2.45, 2.75) is 12.8 Å². The lowest BCUT2D eigenvalue weighted by Crippen LogP contribution is -2.45. The van der Waals surface area contributed by atoms with Gasteiger partial charge in [0.2, 0.25) is 0 Å². The second kappa shape index (κ2) is 5.11. The number of fused-ring (bicyclic) bond motifs is 5. The molecule has 5 atom stereocenters. The van der Waals surface area contributed by atoms with Crippen molar-refractivity contribution in [3.63, 3.8) is 0 Å². The molecule has 0 aromatic rings. The van der Waals surface area contributed by atoms with Crippen LogP contribution in [-0.4, -0.2) is 68.9 Å². The summed E-state index contributed by atoms with van der Waals surface area (Å²) in [7, 11) is 2.51. The van der Waals surface area contributed by atoms with Gasteiger partial charge >= 0.3 is 0 Å². The molecule has 0 radical (unpaired) electrons. The zero-order valence-corrected chi connectivity index (χ0v) is 12.8. The van der Waals surface area contributed by atoms with E-state index in [0.717, 1.165) is 50.0 Å². The van der Waals surface area contributed by atoms with Gasteiger partial charge in [-0.1, -0.05) is 12.2 Å². The summed E-state index contributed by atoms with van der Waals surface area (Å²) in [4.78, 5) is 2.58. The molecule has 20 heavy (non-hydrogen) atoms. The molecule has 0 N–H and O–H groups in total. The van der Waals surface area contributed by atoms with Gasteiger partial charge in [0.05, 0.1) is 39.9 Å². The van der Waals surface area contributed by atoms with Crippen LogP contribution in [0.2, 0.25) is 0 Å².